The number of hydrogen-bond donors (Lipinski definition) is 2. The molecule has 2 heterocycles. The summed E-state index contributed by atoms with van der Waals surface area (Å²) in [5.41, 5.74) is 2.23. The molecule has 0 bridgehead atoms. The normalized spacial score (nSPS) is 11.4. The quantitative estimate of drug-likeness (QED) is 0.480. The van der Waals surface area contributed by atoms with Crippen molar-refractivity contribution in [1.29, 1.82) is 0 Å². The highest BCUT2D eigenvalue weighted by Crippen LogP contribution is 2.35. The maximum atomic E-state index is 14.9. The van der Waals surface area contributed by atoms with Crippen LogP contribution in [0.1, 0.15) is 5.56 Å². The second-order valence-corrected chi connectivity index (χ2v) is 8.51. The van der Waals surface area contributed by atoms with Gasteiger partial charge in [-0.25, -0.2) is 17.8 Å². The summed E-state index contributed by atoms with van der Waals surface area (Å²) in [7, 11) is -4.14. The van der Waals surface area contributed by atoms with Gasteiger partial charge in [0.15, 0.2) is 0 Å². The molecule has 0 spiro atoms. The van der Waals surface area contributed by atoms with E-state index in [0.717, 1.165) is 28.8 Å². The Morgan fingerprint density at radius 2 is 1.97 bits per heavy atom. The molecule has 4 aromatic rings. The van der Waals surface area contributed by atoms with Gasteiger partial charge in [0.25, 0.3) is 10.0 Å². The zero-order valence-electron chi connectivity index (χ0n) is 15.1. The average molecular weight is 430 g/mol. The first kappa shape index (κ1) is 19.0. The molecule has 2 N–H and O–H groups in total. The van der Waals surface area contributed by atoms with E-state index in [1.807, 2.05) is 31.2 Å². The predicted octanol–water partition coefficient (Wildman–Crippen LogP) is 3.98. The van der Waals surface area contributed by atoms with E-state index in [1.54, 1.807) is 17.2 Å². The highest BCUT2D eigenvalue weighted by atomic mass is 32.2. The lowest BCUT2D eigenvalue weighted by atomic mass is 10.2. The molecule has 29 heavy (non-hydrogen) atoms. The maximum absolute atomic E-state index is 14.9. The molecular weight excluding hydrogens is 415 g/mol. The van der Waals surface area contributed by atoms with Gasteiger partial charge in [-0.2, -0.15) is 9.47 Å². The first-order valence-corrected chi connectivity index (χ1v) is 10.6. The number of rotatable bonds is 6. The van der Waals surface area contributed by atoms with Crippen LogP contribution in [0.3, 0.4) is 0 Å². The van der Waals surface area contributed by atoms with Crippen LogP contribution in [-0.4, -0.2) is 28.0 Å². The molecule has 4 rings (SSSR count). The summed E-state index contributed by atoms with van der Waals surface area (Å²) in [5, 5.41) is 6.88. The Balaban J connectivity index is 1.75. The third-order valence-electron chi connectivity index (χ3n) is 4.03. The minimum absolute atomic E-state index is 0.0623. The molecule has 0 saturated carbocycles. The van der Waals surface area contributed by atoms with Crippen molar-refractivity contribution in [3.05, 3.63) is 72.4 Å². The molecule has 0 unspecified atom stereocenters. The van der Waals surface area contributed by atoms with Crippen LogP contribution in [0.2, 0.25) is 0 Å². The second kappa shape index (κ2) is 7.60. The van der Waals surface area contributed by atoms with Crippen molar-refractivity contribution in [2.75, 3.05) is 9.62 Å². The van der Waals surface area contributed by atoms with E-state index in [2.05, 4.69) is 24.3 Å². The van der Waals surface area contributed by atoms with Crippen molar-refractivity contribution < 1.29 is 12.8 Å². The van der Waals surface area contributed by atoms with Crippen molar-refractivity contribution in [1.82, 2.24) is 19.6 Å². The molecule has 2 aromatic carbocycles. The third-order valence-corrected chi connectivity index (χ3v) is 6.11. The summed E-state index contributed by atoms with van der Waals surface area (Å²) in [5.74, 6) is -0.283. The van der Waals surface area contributed by atoms with Gasteiger partial charge in [-0.05, 0) is 42.8 Å². The molecule has 0 saturated heterocycles. The number of sulfonamides is 1. The molecule has 0 aliphatic heterocycles. The predicted molar refractivity (Wildman–Crippen MR) is 109 cm³/mol. The fourth-order valence-electron chi connectivity index (χ4n) is 2.80. The molecule has 8 nitrogen and oxygen atoms in total. The van der Waals surface area contributed by atoms with E-state index >= 15 is 0 Å². The van der Waals surface area contributed by atoms with Crippen molar-refractivity contribution >= 4 is 43.9 Å². The van der Waals surface area contributed by atoms with Gasteiger partial charge in [-0.3, -0.25) is 14.7 Å². The third kappa shape index (κ3) is 3.96. The van der Waals surface area contributed by atoms with E-state index in [9.17, 15) is 12.8 Å². The number of hydrogen-bond acceptors (Lipinski definition) is 7. The Morgan fingerprint density at radius 3 is 2.62 bits per heavy atom. The number of anilines is 4. The summed E-state index contributed by atoms with van der Waals surface area (Å²) >= 11 is 0.862. The summed E-state index contributed by atoms with van der Waals surface area (Å²) in [4.78, 5) is 5.03. The number of halogens is 1. The minimum Gasteiger partial charge on any atom is -0.295 e. The number of aryl methyl sites for hydroxylation is 1. The molecule has 0 aliphatic rings. The lowest BCUT2D eigenvalue weighted by Crippen LogP contribution is -2.16. The lowest BCUT2D eigenvalue weighted by molar-refractivity contribution is 0.570. The monoisotopic (exact) mass is 430 g/mol. The van der Waals surface area contributed by atoms with Gasteiger partial charge in [0.1, 0.15) is 22.9 Å². The SMILES string of the molecule is Cc1cccc(N(c2ccc(S(=O)(=O)Nc3ncns3)c(F)c2)c2ccn[nH]2)c1. The van der Waals surface area contributed by atoms with E-state index in [1.165, 1.54) is 18.5 Å². The van der Waals surface area contributed by atoms with E-state index < -0.39 is 20.7 Å². The topological polar surface area (TPSA) is 104 Å². The largest absolute Gasteiger partial charge is 0.295 e. The molecule has 148 valence electrons. The number of nitrogens with zero attached hydrogens (tertiary/aromatic N) is 4. The minimum atomic E-state index is -4.14. The number of aromatic amines is 1. The van der Waals surface area contributed by atoms with E-state index in [-0.39, 0.29) is 5.13 Å². The molecule has 0 amide bonds. The van der Waals surface area contributed by atoms with Crippen LogP contribution in [0.15, 0.2) is 66.0 Å². The van der Waals surface area contributed by atoms with Crippen molar-refractivity contribution in [3.63, 3.8) is 0 Å². The van der Waals surface area contributed by atoms with E-state index in [4.69, 9.17) is 0 Å². The molecule has 0 radical (unpaired) electrons. The van der Waals surface area contributed by atoms with Crippen LogP contribution in [0.25, 0.3) is 0 Å². The second-order valence-electron chi connectivity index (χ2n) is 6.08. The van der Waals surface area contributed by atoms with Crippen LogP contribution in [0, 0.1) is 12.7 Å². The summed E-state index contributed by atoms with van der Waals surface area (Å²) in [6.45, 7) is 1.95. The zero-order chi connectivity index (χ0) is 20.4. The van der Waals surface area contributed by atoms with Gasteiger partial charge in [0, 0.05) is 23.3 Å². The van der Waals surface area contributed by atoms with Gasteiger partial charge < -0.3 is 0 Å². The van der Waals surface area contributed by atoms with Crippen LogP contribution < -0.4 is 9.62 Å². The standard InChI is InChI=1S/C18H15FN6O2S2/c1-12-3-2-4-13(9-12)25(17-7-8-21-23-17)14-5-6-16(15(19)10-14)29(26,27)24-18-20-11-22-28-18/h2-11H,1H3,(H,21,23)(H,20,22,24). The van der Waals surface area contributed by atoms with Crippen LogP contribution in [0.4, 0.5) is 26.7 Å². The Kier molecular flexibility index (Phi) is 4.99. The van der Waals surface area contributed by atoms with Crippen molar-refractivity contribution in [2.24, 2.45) is 0 Å². The van der Waals surface area contributed by atoms with E-state index in [0.29, 0.717) is 11.5 Å². The lowest BCUT2D eigenvalue weighted by Gasteiger charge is -2.24. The fourth-order valence-corrected chi connectivity index (χ4v) is 4.52. The first-order chi connectivity index (χ1) is 13.9. The zero-order valence-corrected chi connectivity index (χ0v) is 16.7. The molecule has 11 heteroatoms. The molecule has 2 aromatic heterocycles. The highest BCUT2D eigenvalue weighted by molar-refractivity contribution is 7.93. The number of nitrogens with one attached hydrogen (secondary N) is 2. The summed E-state index contributed by atoms with van der Waals surface area (Å²) in [6, 6.07) is 13.3. The van der Waals surface area contributed by atoms with Gasteiger partial charge in [0.05, 0.1) is 11.9 Å². The Labute approximate surface area is 170 Å². The molecule has 0 aliphatic carbocycles. The fraction of sp³-hybridized carbons (Fsp3) is 0.0556. The summed E-state index contributed by atoms with van der Waals surface area (Å²) in [6.07, 6.45) is 2.80. The summed E-state index contributed by atoms with van der Waals surface area (Å²) < 4.78 is 45.8. The van der Waals surface area contributed by atoms with Gasteiger partial charge in [-0.15, -0.1) is 0 Å². The average Bonchev–Trinajstić information content (AvgIpc) is 3.36. The van der Waals surface area contributed by atoms with Crippen LogP contribution in [-0.2, 0) is 10.0 Å². The Hall–Kier alpha value is -3.31. The van der Waals surface area contributed by atoms with Crippen molar-refractivity contribution in [3.8, 4) is 0 Å². The van der Waals surface area contributed by atoms with Gasteiger partial charge in [-0.1, -0.05) is 12.1 Å². The van der Waals surface area contributed by atoms with Crippen LogP contribution in [0.5, 0.6) is 0 Å². The molecule has 0 atom stereocenters. The van der Waals surface area contributed by atoms with Gasteiger partial charge in [0.2, 0.25) is 5.13 Å². The molecular formula is C18H15FN6O2S2. The Morgan fingerprint density at radius 1 is 1.14 bits per heavy atom. The first-order valence-electron chi connectivity index (χ1n) is 8.39. The highest BCUT2D eigenvalue weighted by Gasteiger charge is 2.23. The molecule has 0 fully saturated rings. The van der Waals surface area contributed by atoms with Crippen LogP contribution >= 0.6 is 11.5 Å². The number of aromatic nitrogens is 4. The maximum Gasteiger partial charge on any atom is 0.266 e. The number of H-pyrrole nitrogens is 1. The van der Waals surface area contributed by atoms with Gasteiger partial charge >= 0.3 is 0 Å². The number of benzene rings is 2. The Bertz CT molecular complexity index is 1230. The van der Waals surface area contributed by atoms with Crippen molar-refractivity contribution in [2.45, 2.75) is 11.8 Å². The smallest absolute Gasteiger partial charge is 0.266 e.